The second-order valence-corrected chi connectivity index (χ2v) is 7.91. The highest BCUT2D eigenvalue weighted by atomic mass is 32.2. The molecule has 1 aliphatic rings. The van der Waals surface area contributed by atoms with Gasteiger partial charge in [-0.05, 0) is 48.5 Å². The third kappa shape index (κ3) is 3.61. The molecule has 0 radical (unpaired) electrons. The predicted molar refractivity (Wildman–Crippen MR) is 94.7 cm³/mol. The lowest BCUT2D eigenvalue weighted by Crippen LogP contribution is -2.40. The summed E-state index contributed by atoms with van der Waals surface area (Å²) in [5.74, 6) is 0.232. The lowest BCUT2D eigenvalue weighted by Gasteiger charge is -2.26. The molecule has 9 heteroatoms. The average molecular weight is 389 g/mol. The fourth-order valence-corrected chi connectivity index (χ4v) is 4.17. The summed E-state index contributed by atoms with van der Waals surface area (Å²) in [6, 6.07) is 12.0. The van der Waals surface area contributed by atoms with Gasteiger partial charge in [0.05, 0.1) is 18.1 Å². The van der Waals surface area contributed by atoms with Crippen LogP contribution >= 0.6 is 0 Å². The smallest absolute Gasteiger partial charge is 0.258 e. The number of hydrogen-bond acceptors (Lipinski definition) is 6. The lowest BCUT2D eigenvalue weighted by molar-refractivity contribution is 0.0730. The summed E-state index contributed by atoms with van der Waals surface area (Å²) >= 11 is 0. The van der Waals surface area contributed by atoms with Gasteiger partial charge in [0.15, 0.2) is 0 Å². The molecule has 0 saturated carbocycles. The van der Waals surface area contributed by atoms with Crippen molar-refractivity contribution in [3.05, 3.63) is 54.3 Å². The fraction of sp³-hybridized carbons (Fsp3) is 0.222. The van der Waals surface area contributed by atoms with E-state index in [4.69, 9.17) is 9.26 Å². The number of hydrogen-bond donors (Lipinski definition) is 0. The molecular weight excluding hydrogens is 373 g/mol. The molecule has 2 aromatic carbocycles. The summed E-state index contributed by atoms with van der Waals surface area (Å²) in [6.45, 7) is 1.48. The molecule has 7 nitrogen and oxygen atoms in total. The maximum atomic E-state index is 13.0. The maximum Gasteiger partial charge on any atom is 0.258 e. The van der Waals surface area contributed by atoms with E-state index in [1.165, 1.54) is 28.6 Å². The fourth-order valence-electron chi connectivity index (χ4n) is 2.76. The Morgan fingerprint density at radius 3 is 2.22 bits per heavy atom. The minimum atomic E-state index is -3.55. The number of aromatic nitrogens is 2. The van der Waals surface area contributed by atoms with Gasteiger partial charge < -0.3 is 9.26 Å². The highest BCUT2D eigenvalue weighted by Crippen LogP contribution is 2.24. The van der Waals surface area contributed by atoms with Crippen molar-refractivity contribution < 1.29 is 22.1 Å². The summed E-state index contributed by atoms with van der Waals surface area (Å²) in [5.41, 5.74) is 1.22. The number of halogens is 1. The van der Waals surface area contributed by atoms with E-state index < -0.39 is 10.0 Å². The molecule has 1 aromatic heterocycles. The first-order valence-electron chi connectivity index (χ1n) is 8.32. The Kier molecular flexibility index (Phi) is 4.73. The van der Waals surface area contributed by atoms with Gasteiger partial charge in [-0.25, -0.2) is 12.8 Å². The van der Waals surface area contributed by atoms with Crippen LogP contribution in [0.5, 0.6) is 0 Å². The Morgan fingerprint density at radius 2 is 1.56 bits per heavy atom. The lowest BCUT2D eigenvalue weighted by atomic mass is 10.2. The summed E-state index contributed by atoms with van der Waals surface area (Å²) in [4.78, 5) is 4.49. The second kappa shape index (κ2) is 7.18. The van der Waals surface area contributed by atoms with Crippen LogP contribution in [0.4, 0.5) is 4.39 Å². The van der Waals surface area contributed by atoms with Gasteiger partial charge in [-0.1, -0.05) is 5.16 Å². The molecule has 1 aliphatic heterocycles. The van der Waals surface area contributed by atoms with Crippen LogP contribution in [0.2, 0.25) is 0 Å². The van der Waals surface area contributed by atoms with Crippen molar-refractivity contribution in [2.24, 2.45) is 0 Å². The first-order chi connectivity index (χ1) is 13.0. The van der Waals surface area contributed by atoms with Gasteiger partial charge >= 0.3 is 0 Å². The summed E-state index contributed by atoms with van der Waals surface area (Å²) in [5, 5.41) is 3.91. The highest BCUT2D eigenvalue weighted by molar-refractivity contribution is 7.89. The second-order valence-electron chi connectivity index (χ2n) is 5.97. The van der Waals surface area contributed by atoms with Crippen molar-refractivity contribution in [1.29, 1.82) is 0 Å². The van der Waals surface area contributed by atoms with Crippen molar-refractivity contribution in [2.75, 3.05) is 26.3 Å². The Balaban J connectivity index is 1.57. The van der Waals surface area contributed by atoms with E-state index in [9.17, 15) is 12.8 Å². The van der Waals surface area contributed by atoms with E-state index in [0.29, 0.717) is 43.3 Å². The quantitative estimate of drug-likeness (QED) is 0.682. The van der Waals surface area contributed by atoms with E-state index >= 15 is 0 Å². The topological polar surface area (TPSA) is 85.5 Å². The zero-order valence-electron chi connectivity index (χ0n) is 14.2. The van der Waals surface area contributed by atoms with Gasteiger partial charge in [-0.3, -0.25) is 0 Å². The SMILES string of the molecule is O=S(=O)(c1ccc(-c2noc(-c3ccc(F)cc3)n2)cc1)N1CCOCC1. The molecule has 0 N–H and O–H groups in total. The number of rotatable bonds is 4. The van der Waals surface area contributed by atoms with Gasteiger partial charge in [0, 0.05) is 24.2 Å². The van der Waals surface area contributed by atoms with Crippen LogP contribution in [0.1, 0.15) is 0 Å². The molecule has 0 aliphatic carbocycles. The number of benzene rings is 2. The van der Waals surface area contributed by atoms with Crippen molar-refractivity contribution in [1.82, 2.24) is 14.4 Å². The summed E-state index contributed by atoms with van der Waals surface area (Å²) in [6.07, 6.45) is 0. The van der Waals surface area contributed by atoms with Crippen LogP contribution < -0.4 is 0 Å². The third-order valence-electron chi connectivity index (χ3n) is 4.24. The van der Waals surface area contributed by atoms with Crippen LogP contribution in [0.25, 0.3) is 22.8 Å². The molecule has 1 saturated heterocycles. The van der Waals surface area contributed by atoms with Crippen LogP contribution in [-0.4, -0.2) is 49.2 Å². The van der Waals surface area contributed by atoms with Crippen LogP contribution in [0.3, 0.4) is 0 Å². The first-order valence-corrected chi connectivity index (χ1v) is 9.76. The zero-order chi connectivity index (χ0) is 18.9. The van der Waals surface area contributed by atoms with Crippen molar-refractivity contribution in [2.45, 2.75) is 4.90 Å². The Hall–Kier alpha value is -2.62. The molecule has 140 valence electrons. The number of ether oxygens (including phenoxy) is 1. The summed E-state index contributed by atoms with van der Waals surface area (Å²) < 4.78 is 50.1. The standard InChI is InChI=1S/C18H16FN3O4S/c19-15-5-1-14(2-6-15)18-20-17(21-26-18)13-3-7-16(8-4-13)27(23,24)22-9-11-25-12-10-22/h1-8H,9-12H2. The first kappa shape index (κ1) is 17.8. The van der Waals surface area contributed by atoms with E-state index in [1.807, 2.05) is 0 Å². The van der Waals surface area contributed by atoms with E-state index in [1.54, 1.807) is 24.3 Å². The van der Waals surface area contributed by atoms with Gasteiger partial charge in [0.25, 0.3) is 5.89 Å². The number of morpholine rings is 1. The minimum Gasteiger partial charge on any atom is -0.379 e. The van der Waals surface area contributed by atoms with Gasteiger partial charge in [-0.2, -0.15) is 9.29 Å². The molecule has 0 atom stereocenters. The van der Waals surface area contributed by atoms with Crippen LogP contribution in [-0.2, 0) is 14.8 Å². The minimum absolute atomic E-state index is 0.204. The zero-order valence-corrected chi connectivity index (χ0v) is 15.0. The maximum absolute atomic E-state index is 13.0. The molecule has 0 spiro atoms. The van der Waals surface area contributed by atoms with Gasteiger partial charge in [0.1, 0.15) is 5.82 Å². The Bertz CT molecular complexity index is 1030. The van der Waals surface area contributed by atoms with Gasteiger partial charge in [0.2, 0.25) is 15.8 Å². The van der Waals surface area contributed by atoms with Crippen LogP contribution in [0.15, 0.2) is 57.9 Å². The largest absolute Gasteiger partial charge is 0.379 e. The average Bonchev–Trinajstić information content (AvgIpc) is 3.19. The number of sulfonamides is 1. The third-order valence-corrected chi connectivity index (χ3v) is 6.15. The molecule has 2 heterocycles. The summed E-state index contributed by atoms with van der Waals surface area (Å²) in [7, 11) is -3.55. The molecular formula is C18H16FN3O4S. The Labute approximate surface area is 155 Å². The van der Waals surface area contributed by atoms with E-state index in [-0.39, 0.29) is 16.6 Å². The molecule has 0 unspecified atom stereocenters. The normalized spacial score (nSPS) is 15.7. The monoisotopic (exact) mass is 389 g/mol. The van der Waals surface area contributed by atoms with E-state index in [0.717, 1.165) is 0 Å². The van der Waals surface area contributed by atoms with Crippen molar-refractivity contribution >= 4 is 10.0 Å². The molecule has 0 bridgehead atoms. The molecule has 3 aromatic rings. The Morgan fingerprint density at radius 1 is 0.926 bits per heavy atom. The molecule has 4 rings (SSSR count). The highest BCUT2D eigenvalue weighted by Gasteiger charge is 2.26. The van der Waals surface area contributed by atoms with Gasteiger partial charge in [-0.15, -0.1) is 0 Å². The van der Waals surface area contributed by atoms with E-state index in [2.05, 4.69) is 10.1 Å². The van der Waals surface area contributed by atoms with Crippen LogP contribution in [0, 0.1) is 5.82 Å². The van der Waals surface area contributed by atoms with Crippen molar-refractivity contribution in [3.63, 3.8) is 0 Å². The molecule has 1 fully saturated rings. The number of nitrogens with zero attached hydrogens (tertiary/aromatic N) is 3. The molecule has 0 amide bonds. The molecule has 27 heavy (non-hydrogen) atoms. The van der Waals surface area contributed by atoms with Crippen molar-refractivity contribution in [3.8, 4) is 22.8 Å². The predicted octanol–water partition coefficient (Wildman–Crippen LogP) is 2.56.